The highest BCUT2D eigenvalue weighted by molar-refractivity contribution is 7.99. The number of hydrogen-bond donors (Lipinski definition) is 1. The number of rotatable bonds is 6. The van der Waals surface area contributed by atoms with Gasteiger partial charge in [0.05, 0.1) is 13.2 Å². The van der Waals surface area contributed by atoms with Crippen molar-refractivity contribution in [2.45, 2.75) is 57.4 Å². The summed E-state index contributed by atoms with van der Waals surface area (Å²) in [5, 5.41) is 4.64. The van der Waals surface area contributed by atoms with Gasteiger partial charge in [0.25, 0.3) is 0 Å². The van der Waals surface area contributed by atoms with Gasteiger partial charge in [0.2, 0.25) is 0 Å². The number of thioether (sulfide) groups is 1. The van der Waals surface area contributed by atoms with E-state index in [1.165, 1.54) is 25.0 Å². The highest BCUT2D eigenvalue weighted by atomic mass is 32.2. The third kappa shape index (κ3) is 5.21. The lowest BCUT2D eigenvalue weighted by molar-refractivity contribution is 0.0117. The minimum atomic E-state index is 0.679. The smallest absolute Gasteiger partial charge is 0.0594 e. The first-order chi connectivity index (χ1) is 9.66. The molecule has 20 heavy (non-hydrogen) atoms. The van der Waals surface area contributed by atoms with Gasteiger partial charge in [-0.2, -0.15) is 11.8 Å². The zero-order valence-electron chi connectivity index (χ0n) is 13.4. The second-order valence-electron chi connectivity index (χ2n) is 6.66. The third-order valence-electron chi connectivity index (χ3n) is 4.53. The van der Waals surface area contributed by atoms with Crippen LogP contribution in [0.15, 0.2) is 0 Å². The number of ether oxygens (including phenoxy) is 1. The van der Waals surface area contributed by atoms with Crippen molar-refractivity contribution in [1.82, 2.24) is 10.2 Å². The molecule has 0 spiro atoms. The van der Waals surface area contributed by atoms with E-state index in [2.05, 4.69) is 42.7 Å². The molecule has 2 heterocycles. The second-order valence-corrected chi connectivity index (χ2v) is 8.15. The van der Waals surface area contributed by atoms with E-state index < -0.39 is 0 Å². The Morgan fingerprint density at radius 1 is 1.30 bits per heavy atom. The molecule has 2 aliphatic rings. The normalized spacial score (nSPS) is 30.6. The number of morpholine rings is 1. The van der Waals surface area contributed by atoms with Crippen LogP contribution in [0.5, 0.6) is 0 Å². The van der Waals surface area contributed by atoms with Crippen molar-refractivity contribution in [2.24, 2.45) is 5.92 Å². The van der Waals surface area contributed by atoms with Crippen molar-refractivity contribution in [2.75, 3.05) is 38.6 Å². The first-order valence-electron chi connectivity index (χ1n) is 8.33. The zero-order valence-corrected chi connectivity index (χ0v) is 14.3. The lowest BCUT2D eigenvalue weighted by atomic mass is 10.0. The topological polar surface area (TPSA) is 24.5 Å². The van der Waals surface area contributed by atoms with Crippen LogP contribution in [0, 0.1) is 5.92 Å². The minimum absolute atomic E-state index is 0.679. The summed E-state index contributed by atoms with van der Waals surface area (Å²) >= 11 is 2.13. The molecule has 2 saturated heterocycles. The molecule has 0 aromatic rings. The van der Waals surface area contributed by atoms with Gasteiger partial charge in [0, 0.05) is 37.0 Å². The molecule has 0 aliphatic carbocycles. The molecule has 1 N–H and O–H groups in total. The van der Waals surface area contributed by atoms with E-state index in [1.807, 2.05) is 0 Å². The molecule has 2 rings (SSSR count). The minimum Gasteiger partial charge on any atom is -0.379 e. The summed E-state index contributed by atoms with van der Waals surface area (Å²) in [6.07, 6.45) is 4.02. The van der Waals surface area contributed by atoms with Crippen LogP contribution in [0.4, 0.5) is 0 Å². The molecule has 2 aliphatic heterocycles. The lowest BCUT2D eigenvalue weighted by Gasteiger charge is -2.37. The van der Waals surface area contributed by atoms with E-state index in [1.54, 1.807) is 0 Å². The van der Waals surface area contributed by atoms with Crippen LogP contribution in [0.25, 0.3) is 0 Å². The summed E-state index contributed by atoms with van der Waals surface area (Å²) < 4.78 is 5.50. The van der Waals surface area contributed by atoms with E-state index in [0.717, 1.165) is 44.0 Å². The van der Waals surface area contributed by atoms with Crippen LogP contribution in [0.3, 0.4) is 0 Å². The Hall–Kier alpha value is 0.230. The van der Waals surface area contributed by atoms with Crippen LogP contribution in [-0.4, -0.2) is 60.8 Å². The maximum absolute atomic E-state index is 5.50. The quantitative estimate of drug-likeness (QED) is 0.815. The molecule has 3 unspecified atom stereocenters. The van der Waals surface area contributed by atoms with Crippen LogP contribution in [0.2, 0.25) is 0 Å². The van der Waals surface area contributed by atoms with Gasteiger partial charge < -0.3 is 10.1 Å². The number of hydrogen-bond acceptors (Lipinski definition) is 4. The summed E-state index contributed by atoms with van der Waals surface area (Å²) in [5.41, 5.74) is 0. The molecule has 4 heteroatoms. The summed E-state index contributed by atoms with van der Waals surface area (Å²) in [6, 6.07) is 1.39. The molecule has 118 valence electrons. The monoisotopic (exact) mass is 300 g/mol. The SMILES string of the molecule is CC(C)CC(CNC1CCCSC1C)N1CCOCC1. The first kappa shape index (κ1) is 16.6. The Morgan fingerprint density at radius 2 is 2.05 bits per heavy atom. The van der Waals surface area contributed by atoms with Crippen LogP contribution >= 0.6 is 11.8 Å². The molecule has 0 aromatic carbocycles. The second kappa shape index (κ2) is 8.62. The van der Waals surface area contributed by atoms with Gasteiger partial charge in [-0.3, -0.25) is 4.90 Å². The Bertz CT molecular complexity index is 269. The van der Waals surface area contributed by atoms with Gasteiger partial charge in [0.15, 0.2) is 0 Å². The predicted molar refractivity (Wildman–Crippen MR) is 88.6 cm³/mol. The predicted octanol–water partition coefficient (Wildman–Crippen LogP) is 2.61. The molecule has 0 radical (unpaired) electrons. The van der Waals surface area contributed by atoms with Crippen molar-refractivity contribution < 1.29 is 4.74 Å². The summed E-state index contributed by atoms with van der Waals surface area (Å²) in [7, 11) is 0. The molecule has 3 atom stereocenters. The van der Waals surface area contributed by atoms with Gasteiger partial charge >= 0.3 is 0 Å². The Balaban J connectivity index is 1.82. The maximum atomic E-state index is 5.50. The summed E-state index contributed by atoms with van der Waals surface area (Å²) in [5.74, 6) is 2.11. The van der Waals surface area contributed by atoms with Crippen molar-refractivity contribution >= 4 is 11.8 Å². The van der Waals surface area contributed by atoms with Gasteiger partial charge in [-0.15, -0.1) is 0 Å². The van der Waals surface area contributed by atoms with Crippen LogP contribution in [-0.2, 0) is 4.74 Å². The van der Waals surface area contributed by atoms with Crippen molar-refractivity contribution in [1.29, 1.82) is 0 Å². The largest absolute Gasteiger partial charge is 0.379 e. The summed E-state index contributed by atoms with van der Waals surface area (Å²) in [4.78, 5) is 2.64. The highest BCUT2D eigenvalue weighted by Crippen LogP contribution is 2.25. The number of nitrogens with one attached hydrogen (secondary N) is 1. The van der Waals surface area contributed by atoms with Gasteiger partial charge in [-0.05, 0) is 30.9 Å². The van der Waals surface area contributed by atoms with E-state index in [0.29, 0.717) is 12.1 Å². The molecule has 0 saturated carbocycles. The molecule has 0 aromatic heterocycles. The van der Waals surface area contributed by atoms with Crippen molar-refractivity contribution in [3.8, 4) is 0 Å². The molecule has 2 fully saturated rings. The van der Waals surface area contributed by atoms with Gasteiger partial charge in [0.1, 0.15) is 0 Å². The summed E-state index contributed by atoms with van der Waals surface area (Å²) in [6.45, 7) is 12.2. The average Bonchev–Trinajstić information content (AvgIpc) is 2.45. The Labute approximate surface area is 129 Å². The van der Waals surface area contributed by atoms with Crippen molar-refractivity contribution in [3.63, 3.8) is 0 Å². The van der Waals surface area contributed by atoms with Crippen molar-refractivity contribution in [3.05, 3.63) is 0 Å². The van der Waals surface area contributed by atoms with Crippen LogP contribution in [0.1, 0.15) is 40.0 Å². The highest BCUT2D eigenvalue weighted by Gasteiger charge is 2.25. The first-order valence-corrected chi connectivity index (χ1v) is 9.38. The standard InChI is InChI=1S/C16H32N2OS/c1-13(2)11-15(18-6-8-19-9-7-18)12-17-16-5-4-10-20-14(16)3/h13-17H,4-12H2,1-3H3. The van der Waals surface area contributed by atoms with Gasteiger partial charge in [-0.25, -0.2) is 0 Å². The molecule has 0 amide bonds. The Kier molecular flexibility index (Phi) is 7.15. The Morgan fingerprint density at radius 3 is 2.70 bits per heavy atom. The van der Waals surface area contributed by atoms with Gasteiger partial charge in [-0.1, -0.05) is 20.8 Å². The fourth-order valence-corrected chi connectivity index (χ4v) is 4.50. The molecule has 3 nitrogen and oxygen atoms in total. The third-order valence-corrected chi connectivity index (χ3v) is 5.91. The van der Waals surface area contributed by atoms with Crippen LogP contribution < -0.4 is 5.32 Å². The van der Waals surface area contributed by atoms with E-state index >= 15 is 0 Å². The fourth-order valence-electron chi connectivity index (χ4n) is 3.33. The molecule has 0 bridgehead atoms. The van der Waals surface area contributed by atoms with E-state index in [4.69, 9.17) is 4.74 Å². The molecular formula is C16H32N2OS. The fraction of sp³-hybridized carbons (Fsp3) is 1.00. The molecular weight excluding hydrogens is 268 g/mol. The number of nitrogens with zero attached hydrogens (tertiary/aromatic N) is 1. The van der Waals surface area contributed by atoms with E-state index in [-0.39, 0.29) is 0 Å². The average molecular weight is 301 g/mol. The maximum Gasteiger partial charge on any atom is 0.0594 e. The lowest BCUT2D eigenvalue weighted by Crippen LogP contribution is -2.51. The zero-order chi connectivity index (χ0) is 14.4. The van der Waals surface area contributed by atoms with E-state index in [9.17, 15) is 0 Å².